The van der Waals surface area contributed by atoms with Crippen LogP contribution in [0.3, 0.4) is 0 Å². The molecule has 0 saturated carbocycles. The quantitative estimate of drug-likeness (QED) is 0.852. The van der Waals surface area contributed by atoms with E-state index in [1.54, 1.807) is 17.4 Å². The van der Waals surface area contributed by atoms with Gasteiger partial charge in [0.15, 0.2) is 5.76 Å². The molecule has 1 N–H and O–H groups in total. The van der Waals surface area contributed by atoms with Crippen LogP contribution in [0.1, 0.15) is 0 Å². The molecule has 1 amide bonds. The molecule has 6 nitrogen and oxygen atoms in total. The highest BCUT2D eigenvalue weighted by atomic mass is 32.2. The summed E-state index contributed by atoms with van der Waals surface area (Å²) >= 11 is 0.836. The Hall–Kier alpha value is -1.97. The number of thioether (sulfide) groups is 1. The Balaban J connectivity index is 1.81. The third-order valence-corrected chi connectivity index (χ3v) is 2.77. The predicted octanol–water partition coefficient (Wildman–Crippen LogP) is 2.10. The van der Waals surface area contributed by atoms with Crippen molar-refractivity contribution in [3.05, 3.63) is 18.4 Å². The van der Waals surface area contributed by atoms with Crippen molar-refractivity contribution in [1.82, 2.24) is 15.5 Å². The van der Waals surface area contributed by atoms with E-state index in [9.17, 15) is 18.0 Å². The fourth-order valence-corrected chi connectivity index (χ4v) is 1.74. The van der Waals surface area contributed by atoms with Crippen LogP contribution in [-0.2, 0) is 4.79 Å². The molecule has 2 aromatic heterocycles. The van der Waals surface area contributed by atoms with Crippen molar-refractivity contribution in [2.45, 2.75) is 11.4 Å². The van der Waals surface area contributed by atoms with E-state index < -0.39 is 18.6 Å². The van der Waals surface area contributed by atoms with E-state index in [0.29, 0.717) is 5.76 Å². The number of alkyl halides is 3. The minimum absolute atomic E-state index is 0.0681. The number of furan rings is 1. The molecule has 2 heterocycles. The van der Waals surface area contributed by atoms with Crippen molar-refractivity contribution >= 4 is 17.7 Å². The Labute approximate surface area is 114 Å². The summed E-state index contributed by atoms with van der Waals surface area (Å²) in [5.41, 5.74) is 0. The van der Waals surface area contributed by atoms with Gasteiger partial charge in [-0.05, 0) is 12.1 Å². The molecule has 0 atom stereocenters. The van der Waals surface area contributed by atoms with Gasteiger partial charge in [-0.3, -0.25) is 4.79 Å². The molecule has 0 aromatic carbocycles. The first-order chi connectivity index (χ1) is 9.44. The Morgan fingerprint density at radius 3 is 2.85 bits per heavy atom. The molecule has 0 aliphatic carbocycles. The largest absolute Gasteiger partial charge is 0.459 e. The first-order valence-corrected chi connectivity index (χ1v) is 6.26. The van der Waals surface area contributed by atoms with Crippen molar-refractivity contribution < 1.29 is 26.8 Å². The van der Waals surface area contributed by atoms with Gasteiger partial charge in [-0.15, -0.1) is 10.2 Å². The molecule has 0 aliphatic heterocycles. The molecule has 20 heavy (non-hydrogen) atoms. The first kappa shape index (κ1) is 14.4. The average molecular weight is 307 g/mol. The number of carbonyl (C=O) groups excluding carboxylic acids is 1. The van der Waals surface area contributed by atoms with Gasteiger partial charge < -0.3 is 14.2 Å². The molecular weight excluding hydrogens is 299 g/mol. The van der Waals surface area contributed by atoms with Gasteiger partial charge in [-0.2, -0.15) is 13.2 Å². The molecular formula is C10H8F3N3O3S. The maximum atomic E-state index is 11.9. The molecule has 2 aromatic rings. The van der Waals surface area contributed by atoms with Crippen molar-refractivity contribution in [3.8, 4) is 11.7 Å². The van der Waals surface area contributed by atoms with E-state index in [2.05, 4.69) is 10.2 Å². The topological polar surface area (TPSA) is 81.2 Å². The number of nitrogens with one attached hydrogen (secondary N) is 1. The van der Waals surface area contributed by atoms with Crippen LogP contribution >= 0.6 is 11.8 Å². The summed E-state index contributed by atoms with van der Waals surface area (Å²) in [6.07, 6.45) is -3.01. The molecule has 0 aliphatic rings. The van der Waals surface area contributed by atoms with Gasteiger partial charge in [0.05, 0.1) is 12.0 Å². The van der Waals surface area contributed by atoms with Crippen LogP contribution < -0.4 is 5.32 Å². The highest BCUT2D eigenvalue weighted by Crippen LogP contribution is 2.23. The number of carbonyl (C=O) groups is 1. The van der Waals surface area contributed by atoms with Crippen molar-refractivity contribution in [2.24, 2.45) is 0 Å². The number of hydrogen-bond acceptors (Lipinski definition) is 6. The number of hydrogen-bond donors (Lipinski definition) is 1. The zero-order valence-electron chi connectivity index (χ0n) is 9.81. The monoisotopic (exact) mass is 307 g/mol. The van der Waals surface area contributed by atoms with Crippen molar-refractivity contribution in [2.75, 3.05) is 12.3 Å². The maximum Gasteiger partial charge on any atom is 0.405 e. The standard InChI is InChI=1S/C10H8F3N3O3S/c11-10(12,13)5-14-7(17)4-20-9-16-15-8(19-9)6-2-1-3-18-6/h1-3H,4-5H2,(H,14,17). The van der Waals surface area contributed by atoms with Crippen molar-refractivity contribution in [3.63, 3.8) is 0 Å². The highest BCUT2D eigenvalue weighted by molar-refractivity contribution is 7.99. The lowest BCUT2D eigenvalue weighted by Crippen LogP contribution is -2.34. The van der Waals surface area contributed by atoms with E-state index in [1.807, 2.05) is 0 Å². The number of nitrogens with zero attached hydrogens (tertiary/aromatic N) is 2. The normalized spacial score (nSPS) is 11.6. The molecule has 0 spiro atoms. The Kier molecular flexibility index (Phi) is 4.32. The fraction of sp³-hybridized carbons (Fsp3) is 0.300. The summed E-state index contributed by atoms with van der Waals surface area (Å²) in [6, 6.07) is 3.24. The van der Waals surface area contributed by atoms with Gasteiger partial charge in [-0.25, -0.2) is 0 Å². The zero-order valence-corrected chi connectivity index (χ0v) is 10.6. The Morgan fingerprint density at radius 1 is 1.40 bits per heavy atom. The second kappa shape index (κ2) is 5.99. The molecule has 0 bridgehead atoms. The Bertz CT molecular complexity index is 568. The molecule has 108 valence electrons. The molecule has 10 heteroatoms. The number of amides is 1. The number of halogens is 3. The first-order valence-electron chi connectivity index (χ1n) is 5.28. The summed E-state index contributed by atoms with van der Waals surface area (Å²) in [4.78, 5) is 11.2. The number of rotatable bonds is 5. The van der Waals surface area contributed by atoms with Gasteiger partial charge in [0.25, 0.3) is 11.1 Å². The molecule has 0 saturated heterocycles. The Morgan fingerprint density at radius 2 is 2.20 bits per heavy atom. The molecule has 0 unspecified atom stereocenters. The van der Waals surface area contributed by atoms with Crippen molar-refractivity contribution in [1.29, 1.82) is 0 Å². The zero-order chi connectivity index (χ0) is 14.6. The van der Waals surface area contributed by atoms with E-state index in [1.165, 1.54) is 6.26 Å². The lowest BCUT2D eigenvalue weighted by Gasteiger charge is -2.06. The lowest BCUT2D eigenvalue weighted by molar-refractivity contribution is -0.136. The van der Waals surface area contributed by atoms with Crippen LogP contribution in [0.5, 0.6) is 0 Å². The minimum Gasteiger partial charge on any atom is -0.459 e. The summed E-state index contributed by atoms with van der Waals surface area (Å²) in [7, 11) is 0. The number of aromatic nitrogens is 2. The predicted molar refractivity (Wildman–Crippen MR) is 61.8 cm³/mol. The summed E-state index contributed by atoms with van der Waals surface area (Å²) in [5.74, 6) is -0.528. The van der Waals surface area contributed by atoms with E-state index in [0.717, 1.165) is 11.8 Å². The third kappa shape index (κ3) is 4.30. The van der Waals surface area contributed by atoms with Gasteiger partial charge >= 0.3 is 6.18 Å². The molecule has 0 radical (unpaired) electrons. The van der Waals surface area contributed by atoms with E-state index >= 15 is 0 Å². The summed E-state index contributed by atoms with van der Waals surface area (Å²) in [5, 5.41) is 9.12. The van der Waals surface area contributed by atoms with Crippen LogP contribution in [0.2, 0.25) is 0 Å². The lowest BCUT2D eigenvalue weighted by atomic mass is 10.5. The SMILES string of the molecule is O=C(CSc1nnc(-c2ccco2)o1)NCC(F)(F)F. The minimum atomic E-state index is -4.43. The second-order valence-electron chi connectivity index (χ2n) is 3.53. The van der Waals surface area contributed by atoms with Gasteiger partial charge in [0, 0.05) is 0 Å². The van der Waals surface area contributed by atoms with E-state index in [4.69, 9.17) is 8.83 Å². The second-order valence-corrected chi connectivity index (χ2v) is 4.46. The van der Waals surface area contributed by atoms with Crippen LogP contribution in [-0.4, -0.2) is 34.6 Å². The molecule has 0 fully saturated rings. The van der Waals surface area contributed by atoms with Gasteiger partial charge in [0.1, 0.15) is 6.54 Å². The summed E-state index contributed by atoms with van der Waals surface area (Å²) in [6.45, 7) is -1.37. The average Bonchev–Trinajstić information content (AvgIpc) is 3.03. The van der Waals surface area contributed by atoms with Crippen LogP contribution in [0.25, 0.3) is 11.7 Å². The van der Waals surface area contributed by atoms with E-state index in [-0.39, 0.29) is 16.9 Å². The van der Waals surface area contributed by atoms with Gasteiger partial charge in [0.2, 0.25) is 5.91 Å². The third-order valence-electron chi connectivity index (χ3n) is 1.95. The van der Waals surface area contributed by atoms with Crippen LogP contribution in [0.15, 0.2) is 32.5 Å². The smallest absolute Gasteiger partial charge is 0.405 e. The highest BCUT2D eigenvalue weighted by Gasteiger charge is 2.27. The molecule has 2 rings (SSSR count). The fourth-order valence-electron chi connectivity index (χ4n) is 1.15. The van der Waals surface area contributed by atoms with Crippen LogP contribution in [0.4, 0.5) is 13.2 Å². The van der Waals surface area contributed by atoms with Crippen LogP contribution in [0, 0.1) is 0 Å². The maximum absolute atomic E-state index is 11.9. The van der Waals surface area contributed by atoms with Gasteiger partial charge in [-0.1, -0.05) is 11.8 Å². The summed E-state index contributed by atoms with van der Waals surface area (Å²) < 4.78 is 45.8.